The van der Waals surface area contributed by atoms with Crippen molar-refractivity contribution in [3.63, 3.8) is 0 Å². The smallest absolute Gasteiger partial charge is 0.237 e. The molecule has 4 N–H and O–H groups in total. The van der Waals surface area contributed by atoms with E-state index in [9.17, 15) is 9.59 Å². The molecule has 0 radical (unpaired) electrons. The molecule has 2 saturated carbocycles. The molecule has 2 aliphatic carbocycles. The van der Waals surface area contributed by atoms with E-state index in [0.29, 0.717) is 5.92 Å². The molecule has 0 heterocycles. The quantitative estimate of drug-likeness (QED) is 0.805. The van der Waals surface area contributed by atoms with Gasteiger partial charge >= 0.3 is 0 Å². The summed E-state index contributed by atoms with van der Waals surface area (Å²) >= 11 is 0. The van der Waals surface area contributed by atoms with Crippen LogP contribution < -0.4 is 11.5 Å². The van der Waals surface area contributed by atoms with Gasteiger partial charge in [0, 0.05) is 12.1 Å². The molecule has 0 aliphatic heterocycles. The van der Waals surface area contributed by atoms with E-state index in [1.165, 1.54) is 0 Å². The van der Waals surface area contributed by atoms with Gasteiger partial charge in [0.05, 0.1) is 12.5 Å². The molecule has 3 atom stereocenters. The first kappa shape index (κ1) is 15.3. The Hall–Kier alpha value is -1.10. The number of amides is 2. The number of hydrogen-bond acceptors (Lipinski definition) is 3. The van der Waals surface area contributed by atoms with Crippen molar-refractivity contribution in [2.24, 2.45) is 23.3 Å². The molecule has 114 valence electrons. The van der Waals surface area contributed by atoms with Gasteiger partial charge in [0.1, 0.15) is 0 Å². The van der Waals surface area contributed by atoms with Gasteiger partial charge in [-0.25, -0.2) is 0 Å². The maximum atomic E-state index is 12.9. The molecule has 0 bridgehead atoms. The number of nitrogens with two attached hydrogens (primary N) is 2. The minimum absolute atomic E-state index is 0.0411. The van der Waals surface area contributed by atoms with Crippen molar-refractivity contribution < 1.29 is 9.59 Å². The van der Waals surface area contributed by atoms with E-state index >= 15 is 0 Å². The second-order valence-electron chi connectivity index (χ2n) is 6.47. The van der Waals surface area contributed by atoms with E-state index in [1.54, 1.807) is 4.90 Å². The molecule has 0 saturated heterocycles. The standard InChI is InChI=1S/C15H27N3O2/c1-10-5-4-8-12(16)14(10)15(20)18(9-13(17)19)11-6-2-3-7-11/h10-12,14H,2-9,16H2,1H3,(H2,17,19). The van der Waals surface area contributed by atoms with E-state index in [2.05, 4.69) is 6.92 Å². The Bertz CT molecular complexity index is 356. The average molecular weight is 281 g/mol. The van der Waals surface area contributed by atoms with Gasteiger partial charge in [-0.1, -0.05) is 26.2 Å². The first-order chi connectivity index (χ1) is 9.50. The van der Waals surface area contributed by atoms with Crippen LogP contribution >= 0.6 is 0 Å². The third-order valence-corrected chi connectivity index (χ3v) is 4.93. The number of nitrogens with zero attached hydrogens (tertiary/aromatic N) is 1. The molecule has 2 aliphatic rings. The van der Waals surface area contributed by atoms with Crippen LogP contribution in [0, 0.1) is 11.8 Å². The lowest BCUT2D eigenvalue weighted by Crippen LogP contribution is -2.53. The molecule has 20 heavy (non-hydrogen) atoms. The van der Waals surface area contributed by atoms with Crippen LogP contribution in [0.5, 0.6) is 0 Å². The van der Waals surface area contributed by atoms with Crippen LogP contribution in [0.3, 0.4) is 0 Å². The fraction of sp³-hybridized carbons (Fsp3) is 0.867. The Morgan fingerprint density at radius 2 is 1.75 bits per heavy atom. The Balaban J connectivity index is 2.13. The van der Waals surface area contributed by atoms with Crippen molar-refractivity contribution in [2.75, 3.05) is 6.54 Å². The highest BCUT2D eigenvalue weighted by atomic mass is 16.2. The van der Waals surface area contributed by atoms with Crippen LogP contribution in [0.2, 0.25) is 0 Å². The van der Waals surface area contributed by atoms with Crippen LogP contribution in [-0.4, -0.2) is 35.3 Å². The maximum Gasteiger partial charge on any atom is 0.237 e. The number of rotatable bonds is 4. The number of primary amides is 1. The third-order valence-electron chi connectivity index (χ3n) is 4.93. The zero-order valence-electron chi connectivity index (χ0n) is 12.4. The van der Waals surface area contributed by atoms with Crippen LogP contribution in [0.4, 0.5) is 0 Å². The van der Waals surface area contributed by atoms with Crippen molar-refractivity contribution in [3.05, 3.63) is 0 Å². The van der Waals surface area contributed by atoms with Gasteiger partial charge in [0.25, 0.3) is 0 Å². The molecule has 5 nitrogen and oxygen atoms in total. The van der Waals surface area contributed by atoms with Gasteiger partial charge in [-0.2, -0.15) is 0 Å². The summed E-state index contributed by atoms with van der Waals surface area (Å²) in [5.41, 5.74) is 11.5. The summed E-state index contributed by atoms with van der Waals surface area (Å²) < 4.78 is 0. The second kappa shape index (κ2) is 6.57. The largest absolute Gasteiger partial charge is 0.368 e. The summed E-state index contributed by atoms with van der Waals surface area (Å²) in [7, 11) is 0. The molecule has 0 aromatic heterocycles. The minimum atomic E-state index is -0.428. The second-order valence-corrected chi connectivity index (χ2v) is 6.47. The normalized spacial score (nSPS) is 31.2. The van der Waals surface area contributed by atoms with E-state index in [1.807, 2.05) is 0 Å². The Morgan fingerprint density at radius 3 is 2.30 bits per heavy atom. The SMILES string of the molecule is CC1CCCC(N)C1C(=O)N(CC(N)=O)C1CCCC1. The molecule has 2 rings (SSSR count). The lowest BCUT2D eigenvalue weighted by Gasteiger charge is -2.38. The Kier molecular flexibility index (Phi) is 5.02. The highest BCUT2D eigenvalue weighted by Crippen LogP contribution is 2.33. The lowest BCUT2D eigenvalue weighted by molar-refractivity contribution is -0.144. The minimum Gasteiger partial charge on any atom is -0.368 e. The van der Waals surface area contributed by atoms with Crippen LogP contribution in [0.1, 0.15) is 51.9 Å². The van der Waals surface area contributed by atoms with Crippen molar-refractivity contribution in [3.8, 4) is 0 Å². The first-order valence-electron chi connectivity index (χ1n) is 7.85. The Morgan fingerprint density at radius 1 is 1.10 bits per heavy atom. The van der Waals surface area contributed by atoms with Gasteiger partial charge in [-0.15, -0.1) is 0 Å². The molecule has 0 aromatic rings. The lowest BCUT2D eigenvalue weighted by atomic mass is 9.76. The first-order valence-corrected chi connectivity index (χ1v) is 7.85. The van der Waals surface area contributed by atoms with Crippen LogP contribution in [0.15, 0.2) is 0 Å². The van der Waals surface area contributed by atoms with E-state index < -0.39 is 5.91 Å². The average Bonchev–Trinajstić information content (AvgIpc) is 2.88. The predicted molar refractivity (Wildman–Crippen MR) is 77.6 cm³/mol. The van der Waals surface area contributed by atoms with E-state index in [4.69, 9.17) is 11.5 Å². The molecule has 0 spiro atoms. The summed E-state index contributed by atoms with van der Waals surface area (Å²) in [5.74, 6) is -0.232. The molecular weight excluding hydrogens is 254 g/mol. The van der Waals surface area contributed by atoms with E-state index in [-0.39, 0.29) is 30.5 Å². The summed E-state index contributed by atoms with van der Waals surface area (Å²) in [6, 6.07) is 0.0966. The topological polar surface area (TPSA) is 89.4 Å². The van der Waals surface area contributed by atoms with Crippen molar-refractivity contribution in [1.82, 2.24) is 4.90 Å². The summed E-state index contributed by atoms with van der Waals surface area (Å²) in [5, 5.41) is 0. The van der Waals surface area contributed by atoms with Crippen molar-refractivity contribution >= 4 is 11.8 Å². The van der Waals surface area contributed by atoms with E-state index in [0.717, 1.165) is 44.9 Å². The zero-order chi connectivity index (χ0) is 14.7. The van der Waals surface area contributed by atoms with Crippen molar-refractivity contribution in [2.45, 2.75) is 64.0 Å². The van der Waals surface area contributed by atoms with Gasteiger partial charge in [0.2, 0.25) is 11.8 Å². The number of carbonyl (C=O) groups excluding carboxylic acids is 2. The van der Waals surface area contributed by atoms with Gasteiger partial charge in [-0.3, -0.25) is 9.59 Å². The fourth-order valence-electron chi connectivity index (χ4n) is 3.85. The highest BCUT2D eigenvalue weighted by Gasteiger charge is 2.39. The molecule has 2 fully saturated rings. The maximum absolute atomic E-state index is 12.9. The summed E-state index contributed by atoms with van der Waals surface area (Å²) in [6.45, 7) is 2.14. The van der Waals surface area contributed by atoms with Crippen LogP contribution in [0.25, 0.3) is 0 Å². The third kappa shape index (κ3) is 3.32. The number of carbonyl (C=O) groups is 2. The molecular formula is C15H27N3O2. The molecule has 2 amide bonds. The monoisotopic (exact) mass is 281 g/mol. The van der Waals surface area contributed by atoms with Gasteiger partial charge in [0.15, 0.2) is 0 Å². The molecule has 0 aromatic carbocycles. The van der Waals surface area contributed by atoms with Crippen molar-refractivity contribution in [1.29, 1.82) is 0 Å². The summed E-state index contributed by atoms with van der Waals surface area (Å²) in [6.07, 6.45) is 7.24. The molecule has 3 unspecified atom stereocenters. The highest BCUT2D eigenvalue weighted by molar-refractivity contribution is 5.86. The fourth-order valence-corrected chi connectivity index (χ4v) is 3.85. The predicted octanol–water partition coefficient (Wildman–Crippen LogP) is 1.01. The molecule has 5 heteroatoms. The number of hydrogen-bond donors (Lipinski definition) is 2. The zero-order valence-corrected chi connectivity index (χ0v) is 12.4. The van der Waals surface area contributed by atoms with Crippen LogP contribution in [-0.2, 0) is 9.59 Å². The van der Waals surface area contributed by atoms with Gasteiger partial charge < -0.3 is 16.4 Å². The Labute approximate surface area is 121 Å². The van der Waals surface area contributed by atoms with Gasteiger partial charge in [-0.05, 0) is 31.6 Å². The summed E-state index contributed by atoms with van der Waals surface area (Å²) in [4.78, 5) is 25.9.